The number of anilines is 2. The molecule has 5 nitrogen and oxygen atoms in total. The van der Waals surface area contributed by atoms with Gasteiger partial charge in [0.15, 0.2) is 0 Å². The summed E-state index contributed by atoms with van der Waals surface area (Å²) in [7, 11) is 0. The second kappa shape index (κ2) is 5.52. The molecule has 0 N–H and O–H groups in total. The summed E-state index contributed by atoms with van der Waals surface area (Å²) < 4.78 is 0. The molecule has 2 aromatic carbocycles. The van der Waals surface area contributed by atoms with Gasteiger partial charge in [-0.05, 0) is 29.8 Å². The topological polar surface area (TPSA) is 53.0 Å². The van der Waals surface area contributed by atoms with E-state index in [4.69, 9.17) is 0 Å². The van der Waals surface area contributed by atoms with Crippen LogP contribution in [0.25, 0.3) is 22.4 Å². The molecule has 0 saturated carbocycles. The summed E-state index contributed by atoms with van der Waals surface area (Å²) in [5.41, 5.74) is 5.54. The Kier molecular flexibility index (Phi) is 3.15. The Morgan fingerprint density at radius 2 is 1.31 bits per heavy atom. The van der Waals surface area contributed by atoms with Crippen molar-refractivity contribution >= 4 is 23.2 Å². The maximum absolute atomic E-state index is 11.5. The van der Waals surface area contributed by atoms with Crippen LogP contribution in [0.2, 0.25) is 0 Å². The fraction of sp³-hybridized carbons (Fsp3) is 0.0952. The molecule has 26 heavy (non-hydrogen) atoms. The quantitative estimate of drug-likeness (QED) is 0.685. The van der Waals surface area contributed by atoms with Crippen LogP contribution < -0.4 is 9.80 Å². The number of hydrogen-bond acceptors (Lipinski definition) is 3. The first kappa shape index (κ1) is 14.8. The normalized spacial score (nSPS) is 15.4. The van der Waals surface area contributed by atoms with Crippen molar-refractivity contribution in [3.05, 3.63) is 66.9 Å². The van der Waals surface area contributed by atoms with Gasteiger partial charge in [-0.3, -0.25) is 14.6 Å². The zero-order valence-corrected chi connectivity index (χ0v) is 13.9. The van der Waals surface area contributed by atoms with Gasteiger partial charge < -0.3 is 9.80 Å². The van der Waals surface area contributed by atoms with Crippen LogP contribution >= 0.6 is 0 Å². The second-order valence-electron chi connectivity index (χ2n) is 6.50. The fourth-order valence-corrected chi connectivity index (χ4v) is 3.09. The first-order valence-electron chi connectivity index (χ1n) is 8.47. The van der Waals surface area contributed by atoms with Gasteiger partial charge in [0.05, 0.1) is 5.69 Å². The van der Waals surface area contributed by atoms with Crippen LogP contribution in [0.5, 0.6) is 0 Å². The molecule has 3 aromatic rings. The third kappa shape index (κ3) is 2.63. The van der Waals surface area contributed by atoms with Gasteiger partial charge in [-0.2, -0.15) is 0 Å². The van der Waals surface area contributed by atoms with E-state index in [1.165, 1.54) is 0 Å². The Morgan fingerprint density at radius 3 is 1.81 bits per heavy atom. The third-order valence-electron chi connectivity index (χ3n) is 4.67. The highest BCUT2D eigenvalue weighted by molar-refractivity contribution is 6.15. The molecule has 0 aliphatic carbocycles. The molecule has 0 unspecified atom stereocenters. The van der Waals surface area contributed by atoms with E-state index in [1.807, 2.05) is 66.9 Å². The SMILES string of the molecule is O=C1CN1c1cc(-c2ccc(-c3ccccc3)nc2)cc(N2CC2=O)c1. The maximum atomic E-state index is 11.5. The molecule has 2 aliphatic heterocycles. The molecule has 2 saturated heterocycles. The summed E-state index contributed by atoms with van der Waals surface area (Å²) >= 11 is 0. The van der Waals surface area contributed by atoms with E-state index in [9.17, 15) is 9.59 Å². The molecule has 0 atom stereocenters. The minimum Gasteiger partial charge on any atom is -0.301 e. The van der Waals surface area contributed by atoms with E-state index in [0.717, 1.165) is 33.8 Å². The van der Waals surface area contributed by atoms with Crippen LogP contribution in [0.1, 0.15) is 0 Å². The molecular formula is C21H15N3O2. The summed E-state index contributed by atoms with van der Waals surface area (Å²) in [6.07, 6.45) is 1.83. The van der Waals surface area contributed by atoms with Gasteiger partial charge >= 0.3 is 0 Å². The molecule has 1 aromatic heterocycles. The number of carbonyl (C=O) groups is 2. The predicted octanol–water partition coefficient (Wildman–Crippen LogP) is 3.11. The molecule has 5 rings (SSSR count). The number of pyridine rings is 1. The second-order valence-corrected chi connectivity index (χ2v) is 6.50. The number of nitrogens with zero attached hydrogens (tertiary/aromatic N) is 3. The first-order valence-corrected chi connectivity index (χ1v) is 8.47. The fourth-order valence-electron chi connectivity index (χ4n) is 3.09. The van der Waals surface area contributed by atoms with Crippen molar-refractivity contribution in [1.82, 2.24) is 4.98 Å². The lowest BCUT2D eigenvalue weighted by Crippen LogP contribution is -1.99. The van der Waals surface area contributed by atoms with Crippen LogP contribution in [0.3, 0.4) is 0 Å². The lowest BCUT2D eigenvalue weighted by molar-refractivity contribution is -0.110. The van der Waals surface area contributed by atoms with Crippen LogP contribution in [0.4, 0.5) is 11.4 Å². The van der Waals surface area contributed by atoms with Crippen LogP contribution in [-0.4, -0.2) is 29.9 Å². The van der Waals surface area contributed by atoms with E-state index in [2.05, 4.69) is 4.98 Å². The van der Waals surface area contributed by atoms with Gasteiger partial charge in [-0.15, -0.1) is 0 Å². The van der Waals surface area contributed by atoms with Gasteiger partial charge in [0.25, 0.3) is 0 Å². The summed E-state index contributed by atoms with van der Waals surface area (Å²) in [4.78, 5) is 31.0. The van der Waals surface area contributed by atoms with Crippen molar-refractivity contribution in [2.75, 3.05) is 22.9 Å². The Bertz CT molecular complexity index is 989. The highest BCUT2D eigenvalue weighted by atomic mass is 16.2. The molecule has 3 heterocycles. The summed E-state index contributed by atoms with van der Waals surface area (Å²) in [5, 5.41) is 0. The average Bonchev–Trinajstić information content (AvgIpc) is 3.60. The molecular weight excluding hydrogens is 326 g/mol. The standard InChI is InChI=1S/C21H15N3O2/c25-20-12-23(20)17-8-16(9-18(10-17)24-13-21(24)26)15-6-7-19(22-11-15)14-4-2-1-3-5-14/h1-11H,12-13H2. The van der Waals surface area contributed by atoms with Gasteiger partial charge in [0, 0.05) is 28.7 Å². The number of carbonyl (C=O) groups excluding carboxylic acids is 2. The molecule has 2 fully saturated rings. The van der Waals surface area contributed by atoms with E-state index in [-0.39, 0.29) is 11.8 Å². The highest BCUT2D eigenvalue weighted by Gasteiger charge is 2.35. The maximum Gasteiger partial charge on any atom is 0.247 e. The zero-order chi connectivity index (χ0) is 17.7. The smallest absolute Gasteiger partial charge is 0.247 e. The van der Waals surface area contributed by atoms with E-state index in [0.29, 0.717) is 13.1 Å². The Hall–Kier alpha value is -3.47. The largest absolute Gasteiger partial charge is 0.301 e. The van der Waals surface area contributed by atoms with Crippen LogP contribution in [-0.2, 0) is 9.59 Å². The number of rotatable bonds is 4. The minimum absolute atomic E-state index is 0.0998. The lowest BCUT2D eigenvalue weighted by atomic mass is 10.0. The molecule has 126 valence electrons. The molecule has 5 heteroatoms. The Morgan fingerprint density at radius 1 is 0.692 bits per heavy atom. The van der Waals surface area contributed by atoms with Gasteiger partial charge in [-0.25, -0.2) is 0 Å². The van der Waals surface area contributed by atoms with Gasteiger partial charge in [0.1, 0.15) is 13.1 Å². The van der Waals surface area contributed by atoms with E-state index < -0.39 is 0 Å². The monoisotopic (exact) mass is 341 g/mol. The van der Waals surface area contributed by atoms with E-state index in [1.54, 1.807) is 9.80 Å². The number of benzene rings is 2. The molecule has 0 spiro atoms. The molecule has 2 aliphatic rings. The van der Waals surface area contributed by atoms with Gasteiger partial charge in [-0.1, -0.05) is 36.4 Å². The van der Waals surface area contributed by atoms with Crippen molar-refractivity contribution < 1.29 is 9.59 Å². The summed E-state index contributed by atoms with van der Waals surface area (Å²) in [6, 6.07) is 19.9. The Balaban J connectivity index is 1.52. The van der Waals surface area contributed by atoms with Crippen molar-refractivity contribution in [3.8, 4) is 22.4 Å². The highest BCUT2D eigenvalue weighted by Crippen LogP contribution is 2.36. The van der Waals surface area contributed by atoms with Crippen LogP contribution in [0.15, 0.2) is 66.9 Å². The third-order valence-corrected chi connectivity index (χ3v) is 4.67. The molecule has 2 amide bonds. The predicted molar refractivity (Wildman–Crippen MR) is 99.8 cm³/mol. The summed E-state index contributed by atoms with van der Waals surface area (Å²) in [6.45, 7) is 0.865. The average molecular weight is 341 g/mol. The lowest BCUT2D eigenvalue weighted by Gasteiger charge is -2.11. The Labute approximate surface area is 150 Å². The minimum atomic E-state index is 0.0998. The molecule has 0 radical (unpaired) electrons. The number of hydrogen-bond donors (Lipinski definition) is 0. The number of aromatic nitrogens is 1. The van der Waals surface area contributed by atoms with Crippen LogP contribution in [0, 0.1) is 0 Å². The van der Waals surface area contributed by atoms with E-state index >= 15 is 0 Å². The first-order chi connectivity index (χ1) is 12.7. The van der Waals surface area contributed by atoms with Crippen molar-refractivity contribution in [1.29, 1.82) is 0 Å². The zero-order valence-electron chi connectivity index (χ0n) is 13.9. The van der Waals surface area contributed by atoms with Crippen molar-refractivity contribution in [3.63, 3.8) is 0 Å². The molecule has 0 bridgehead atoms. The van der Waals surface area contributed by atoms with Crippen molar-refractivity contribution in [2.24, 2.45) is 0 Å². The number of amides is 2. The van der Waals surface area contributed by atoms with Crippen molar-refractivity contribution in [2.45, 2.75) is 0 Å². The van der Waals surface area contributed by atoms with Gasteiger partial charge in [0.2, 0.25) is 11.8 Å². The summed E-state index contributed by atoms with van der Waals surface area (Å²) in [5.74, 6) is 0.200.